The lowest BCUT2D eigenvalue weighted by Gasteiger charge is -2.29. The van der Waals surface area contributed by atoms with Gasteiger partial charge in [0.25, 0.3) is 0 Å². The molecule has 1 heterocycles. The van der Waals surface area contributed by atoms with Crippen molar-refractivity contribution in [3.63, 3.8) is 0 Å². The molecule has 1 unspecified atom stereocenters. The van der Waals surface area contributed by atoms with Crippen LogP contribution in [0.3, 0.4) is 0 Å². The number of benzene rings is 1. The van der Waals surface area contributed by atoms with Crippen molar-refractivity contribution < 1.29 is 9.47 Å². The first-order chi connectivity index (χ1) is 10.3. The highest BCUT2D eigenvalue weighted by molar-refractivity contribution is 5.55. The Labute approximate surface area is 127 Å². The maximum absolute atomic E-state index is 5.58. The van der Waals surface area contributed by atoms with E-state index in [2.05, 4.69) is 34.5 Å². The molecule has 1 aliphatic heterocycles. The molecule has 0 bridgehead atoms. The SMILES string of the molecule is COCC(CCCN)Nc1ccc(N2CCOCC2)cc1. The molecule has 0 radical (unpaired) electrons. The number of nitrogens with two attached hydrogens (primary N) is 1. The molecule has 0 spiro atoms. The lowest BCUT2D eigenvalue weighted by Crippen LogP contribution is -2.36. The van der Waals surface area contributed by atoms with Crippen LogP contribution in [0.15, 0.2) is 24.3 Å². The van der Waals surface area contributed by atoms with Crippen LogP contribution in [0.5, 0.6) is 0 Å². The highest BCUT2D eigenvalue weighted by Gasteiger charge is 2.12. The monoisotopic (exact) mass is 293 g/mol. The van der Waals surface area contributed by atoms with Crippen LogP contribution < -0.4 is 16.0 Å². The Hall–Kier alpha value is -1.30. The predicted molar refractivity (Wildman–Crippen MR) is 87.0 cm³/mol. The summed E-state index contributed by atoms with van der Waals surface area (Å²) in [6, 6.07) is 8.92. The van der Waals surface area contributed by atoms with E-state index in [-0.39, 0.29) is 0 Å². The van der Waals surface area contributed by atoms with Gasteiger partial charge in [-0.3, -0.25) is 0 Å². The summed E-state index contributed by atoms with van der Waals surface area (Å²) in [5.74, 6) is 0. The zero-order valence-corrected chi connectivity index (χ0v) is 12.9. The van der Waals surface area contributed by atoms with Gasteiger partial charge in [-0.15, -0.1) is 0 Å². The summed E-state index contributed by atoms with van der Waals surface area (Å²) in [6.07, 6.45) is 2.03. The molecular weight excluding hydrogens is 266 g/mol. The minimum absolute atomic E-state index is 0.313. The normalized spacial score (nSPS) is 16.8. The number of ether oxygens (including phenoxy) is 2. The van der Waals surface area contributed by atoms with Crippen molar-refractivity contribution in [1.82, 2.24) is 0 Å². The lowest BCUT2D eigenvalue weighted by molar-refractivity contribution is 0.122. The number of hydrogen-bond donors (Lipinski definition) is 2. The van der Waals surface area contributed by atoms with E-state index < -0.39 is 0 Å². The number of anilines is 2. The van der Waals surface area contributed by atoms with Gasteiger partial charge in [0.15, 0.2) is 0 Å². The number of hydrogen-bond acceptors (Lipinski definition) is 5. The number of nitrogens with one attached hydrogen (secondary N) is 1. The van der Waals surface area contributed by atoms with E-state index in [1.165, 1.54) is 5.69 Å². The highest BCUT2D eigenvalue weighted by Crippen LogP contribution is 2.20. The molecule has 3 N–H and O–H groups in total. The molecule has 2 rings (SSSR count). The number of methoxy groups -OCH3 is 1. The largest absolute Gasteiger partial charge is 0.383 e. The second kappa shape index (κ2) is 8.87. The van der Waals surface area contributed by atoms with Gasteiger partial charge in [0.2, 0.25) is 0 Å². The van der Waals surface area contributed by atoms with Crippen LogP contribution in [0.2, 0.25) is 0 Å². The molecule has 1 aliphatic rings. The first kappa shape index (κ1) is 16.1. The Bertz CT molecular complexity index is 391. The van der Waals surface area contributed by atoms with Gasteiger partial charge in [-0.25, -0.2) is 0 Å². The summed E-state index contributed by atoms with van der Waals surface area (Å²) in [6.45, 7) is 4.98. The molecule has 5 nitrogen and oxygen atoms in total. The van der Waals surface area contributed by atoms with Crippen LogP contribution in [-0.2, 0) is 9.47 Å². The van der Waals surface area contributed by atoms with Crippen LogP contribution in [0.25, 0.3) is 0 Å². The van der Waals surface area contributed by atoms with E-state index in [0.717, 1.165) is 51.4 Å². The third-order valence-electron chi connectivity index (χ3n) is 3.74. The molecular formula is C16H27N3O2. The van der Waals surface area contributed by atoms with Gasteiger partial charge < -0.3 is 25.4 Å². The van der Waals surface area contributed by atoms with Gasteiger partial charge in [0.05, 0.1) is 19.8 Å². The Balaban J connectivity index is 1.90. The number of rotatable bonds is 8. The van der Waals surface area contributed by atoms with Gasteiger partial charge in [-0.05, 0) is 43.7 Å². The van der Waals surface area contributed by atoms with E-state index in [9.17, 15) is 0 Å². The molecule has 0 aliphatic carbocycles. The quantitative estimate of drug-likeness (QED) is 0.764. The summed E-state index contributed by atoms with van der Waals surface area (Å²) in [4.78, 5) is 2.36. The highest BCUT2D eigenvalue weighted by atomic mass is 16.5. The van der Waals surface area contributed by atoms with Crippen LogP contribution in [0.4, 0.5) is 11.4 Å². The van der Waals surface area contributed by atoms with Crippen LogP contribution >= 0.6 is 0 Å². The lowest BCUT2D eigenvalue weighted by atomic mass is 10.1. The summed E-state index contributed by atoms with van der Waals surface area (Å²) >= 11 is 0. The van der Waals surface area contributed by atoms with Gasteiger partial charge >= 0.3 is 0 Å². The van der Waals surface area contributed by atoms with E-state index in [0.29, 0.717) is 12.6 Å². The third kappa shape index (κ3) is 5.19. The molecule has 1 atom stereocenters. The maximum atomic E-state index is 5.58. The summed E-state index contributed by atoms with van der Waals surface area (Å²) in [5.41, 5.74) is 7.97. The molecule has 5 heteroatoms. The Kier molecular flexibility index (Phi) is 6.79. The van der Waals surface area contributed by atoms with Crippen molar-refractivity contribution >= 4 is 11.4 Å². The average molecular weight is 293 g/mol. The fourth-order valence-electron chi connectivity index (χ4n) is 2.59. The minimum Gasteiger partial charge on any atom is -0.383 e. The molecule has 21 heavy (non-hydrogen) atoms. The molecule has 0 saturated carbocycles. The molecule has 1 aromatic rings. The van der Waals surface area contributed by atoms with Gasteiger partial charge in [0.1, 0.15) is 0 Å². The Morgan fingerprint density at radius 1 is 1.29 bits per heavy atom. The second-order valence-corrected chi connectivity index (χ2v) is 5.37. The zero-order valence-electron chi connectivity index (χ0n) is 12.9. The zero-order chi connectivity index (χ0) is 14.9. The predicted octanol–water partition coefficient (Wildman–Crippen LogP) is 1.69. The number of morpholine rings is 1. The first-order valence-electron chi connectivity index (χ1n) is 7.72. The molecule has 1 aromatic carbocycles. The van der Waals surface area contributed by atoms with Crippen molar-refractivity contribution in [2.75, 3.05) is 56.8 Å². The van der Waals surface area contributed by atoms with E-state index >= 15 is 0 Å². The Morgan fingerprint density at radius 3 is 2.62 bits per heavy atom. The molecule has 0 aromatic heterocycles. The van der Waals surface area contributed by atoms with Gasteiger partial charge in [0, 0.05) is 37.6 Å². The number of nitrogens with zero attached hydrogens (tertiary/aromatic N) is 1. The Morgan fingerprint density at radius 2 is 2.00 bits per heavy atom. The van der Waals surface area contributed by atoms with Crippen molar-refractivity contribution in [3.8, 4) is 0 Å². The minimum atomic E-state index is 0.313. The summed E-state index contributed by atoms with van der Waals surface area (Å²) in [7, 11) is 1.73. The third-order valence-corrected chi connectivity index (χ3v) is 3.74. The van der Waals surface area contributed by atoms with Crippen molar-refractivity contribution in [2.45, 2.75) is 18.9 Å². The molecule has 118 valence electrons. The fourth-order valence-corrected chi connectivity index (χ4v) is 2.59. The average Bonchev–Trinajstić information content (AvgIpc) is 2.54. The maximum Gasteiger partial charge on any atom is 0.0664 e. The van der Waals surface area contributed by atoms with E-state index in [4.69, 9.17) is 15.2 Å². The van der Waals surface area contributed by atoms with Crippen molar-refractivity contribution in [2.24, 2.45) is 5.73 Å². The summed E-state index contributed by atoms with van der Waals surface area (Å²) < 4.78 is 10.7. The van der Waals surface area contributed by atoms with Crippen molar-refractivity contribution in [3.05, 3.63) is 24.3 Å². The van der Waals surface area contributed by atoms with E-state index in [1.807, 2.05) is 0 Å². The van der Waals surface area contributed by atoms with Crippen LogP contribution in [-0.4, -0.2) is 52.6 Å². The molecule has 1 saturated heterocycles. The van der Waals surface area contributed by atoms with E-state index in [1.54, 1.807) is 7.11 Å². The van der Waals surface area contributed by atoms with Crippen molar-refractivity contribution in [1.29, 1.82) is 0 Å². The molecule has 1 fully saturated rings. The fraction of sp³-hybridized carbons (Fsp3) is 0.625. The topological polar surface area (TPSA) is 59.8 Å². The van der Waals surface area contributed by atoms with Gasteiger partial charge in [-0.1, -0.05) is 0 Å². The standard InChI is InChI=1S/C16H27N3O2/c1-20-13-15(3-2-8-17)18-14-4-6-16(7-5-14)19-9-11-21-12-10-19/h4-7,15,18H,2-3,8-13,17H2,1H3. The second-order valence-electron chi connectivity index (χ2n) is 5.37. The van der Waals surface area contributed by atoms with Crippen LogP contribution in [0.1, 0.15) is 12.8 Å². The molecule has 0 amide bonds. The van der Waals surface area contributed by atoms with Crippen LogP contribution in [0, 0.1) is 0 Å². The van der Waals surface area contributed by atoms with Gasteiger partial charge in [-0.2, -0.15) is 0 Å². The first-order valence-corrected chi connectivity index (χ1v) is 7.72. The smallest absolute Gasteiger partial charge is 0.0664 e. The summed E-state index contributed by atoms with van der Waals surface area (Å²) in [5, 5.41) is 3.52.